The third-order valence-electron chi connectivity index (χ3n) is 4.15. The van der Waals surface area contributed by atoms with Gasteiger partial charge in [0.15, 0.2) is 5.78 Å². The number of hydrogen-bond acceptors (Lipinski definition) is 8. The van der Waals surface area contributed by atoms with Gasteiger partial charge in [-0.25, -0.2) is 0 Å². The smallest absolute Gasteiger partial charge is 0.308 e. The zero-order chi connectivity index (χ0) is 25.4. The van der Waals surface area contributed by atoms with Crippen molar-refractivity contribution in [1.29, 1.82) is 0 Å². The molecule has 0 bridgehead atoms. The van der Waals surface area contributed by atoms with Gasteiger partial charge in [0.2, 0.25) is 0 Å². The maximum absolute atomic E-state index is 12.8. The van der Waals surface area contributed by atoms with Crippen LogP contribution in [0.25, 0.3) is 12.2 Å². The van der Waals surface area contributed by atoms with Crippen LogP contribution >= 0.6 is 0 Å². The molecule has 0 fully saturated rings. The minimum Gasteiger partial charge on any atom is -0.506 e. The number of rotatable bonds is 8. The molecule has 2 rings (SSSR count). The van der Waals surface area contributed by atoms with E-state index in [1.807, 2.05) is 0 Å². The summed E-state index contributed by atoms with van der Waals surface area (Å²) < 4.78 is 15.3. The summed E-state index contributed by atoms with van der Waals surface area (Å²) in [7, 11) is 0. The van der Waals surface area contributed by atoms with Gasteiger partial charge in [0.05, 0.1) is 11.1 Å². The van der Waals surface area contributed by atoms with Crippen molar-refractivity contribution < 1.29 is 38.5 Å². The summed E-state index contributed by atoms with van der Waals surface area (Å²) in [6.07, 6.45) is 5.66. The lowest BCUT2D eigenvalue weighted by Crippen LogP contribution is -2.05. The Balaban J connectivity index is 2.44. The molecule has 0 unspecified atom stereocenters. The number of hydrogen-bond donors (Lipinski definition) is 1. The minimum absolute atomic E-state index is 0.0425. The Kier molecular flexibility index (Phi) is 8.66. The zero-order valence-electron chi connectivity index (χ0n) is 19.2. The average Bonchev–Trinajstić information content (AvgIpc) is 2.71. The lowest BCUT2D eigenvalue weighted by atomic mass is 10.0. The third-order valence-corrected chi connectivity index (χ3v) is 4.15. The van der Waals surface area contributed by atoms with E-state index < -0.39 is 23.7 Å². The van der Waals surface area contributed by atoms with Crippen LogP contribution in [-0.2, 0) is 14.4 Å². The van der Waals surface area contributed by atoms with Crippen LogP contribution in [0, 0.1) is 0 Å². The van der Waals surface area contributed by atoms with Gasteiger partial charge in [0.25, 0.3) is 0 Å². The quantitative estimate of drug-likeness (QED) is 0.197. The van der Waals surface area contributed by atoms with Gasteiger partial charge in [-0.15, -0.1) is 0 Å². The number of carbonyl (C=O) groups excluding carboxylic acids is 4. The Morgan fingerprint density at radius 2 is 1.41 bits per heavy atom. The van der Waals surface area contributed by atoms with Crippen molar-refractivity contribution in [3.8, 4) is 23.0 Å². The summed E-state index contributed by atoms with van der Waals surface area (Å²) in [5.74, 6) is -2.34. The number of carbonyl (C=O) groups is 4. The van der Waals surface area contributed by atoms with E-state index in [1.165, 1.54) is 69.3 Å². The Bertz CT molecular complexity index is 1220. The van der Waals surface area contributed by atoms with Gasteiger partial charge in [-0.05, 0) is 49.4 Å². The first-order valence-corrected chi connectivity index (χ1v) is 10.1. The molecule has 0 aliphatic carbocycles. The van der Waals surface area contributed by atoms with Gasteiger partial charge < -0.3 is 19.3 Å². The molecule has 0 aliphatic rings. The standard InChI is InChI=1S/C26H24O8/c1-15(2)6-10-22-24(33-17(4)28)13-11-21(26(22)31)23(30)12-8-19-7-9-20(32-16(3)27)14-25(19)34-18(5)29/h6-14,31H,1H2,2-5H3/b10-6+,12-8+. The van der Waals surface area contributed by atoms with E-state index in [9.17, 15) is 24.3 Å². The number of ether oxygens (including phenoxy) is 3. The van der Waals surface area contributed by atoms with Gasteiger partial charge in [0, 0.05) is 32.4 Å². The lowest BCUT2D eigenvalue weighted by Gasteiger charge is -2.11. The van der Waals surface area contributed by atoms with Crippen LogP contribution in [0.4, 0.5) is 0 Å². The van der Waals surface area contributed by atoms with Crippen molar-refractivity contribution in [2.24, 2.45) is 0 Å². The van der Waals surface area contributed by atoms with Gasteiger partial charge in [-0.1, -0.05) is 18.2 Å². The van der Waals surface area contributed by atoms with E-state index in [0.29, 0.717) is 11.1 Å². The highest BCUT2D eigenvalue weighted by Gasteiger charge is 2.17. The van der Waals surface area contributed by atoms with E-state index in [-0.39, 0.29) is 34.1 Å². The van der Waals surface area contributed by atoms with E-state index >= 15 is 0 Å². The van der Waals surface area contributed by atoms with Crippen LogP contribution in [0.5, 0.6) is 23.0 Å². The third kappa shape index (κ3) is 7.30. The minimum atomic E-state index is -0.603. The maximum Gasteiger partial charge on any atom is 0.308 e. The van der Waals surface area contributed by atoms with Crippen LogP contribution in [0.15, 0.2) is 54.6 Å². The molecule has 0 atom stereocenters. The van der Waals surface area contributed by atoms with Crippen molar-refractivity contribution in [1.82, 2.24) is 0 Å². The lowest BCUT2D eigenvalue weighted by molar-refractivity contribution is -0.133. The van der Waals surface area contributed by atoms with Crippen molar-refractivity contribution >= 4 is 35.8 Å². The number of ketones is 1. The maximum atomic E-state index is 12.8. The predicted octanol–water partition coefficient (Wildman–Crippen LogP) is 4.65. The highest BCUT2D eigenvalue weighted by Crippen LogP contribution is 2.34. The van der Waals surface area contributed by atoms with Crippen LogP contribution < -0.4 is 14.2 Å². The second-order valence-corrected chi connectivity index (χ2v) is 7.23. The normalized spacial score (nSPS) is 10.8. The molecule has 0 saturated heterocycles. The first-order valence-electron chi connectivity index (χ1n) is 10.1. The van der Waals surface area contributed by atoms with Crippen molar-refractivity contribution in [2.45, 2.75) is 27.7 Å². The summed E-state index contributed by atoms with van der Waals surface area (Å²) in [5.41, 5.74) is 1.14. The van der Waals surface area contributed by atoms with Gasteiger partial charge in [-0.2, -0.15) is 0 Å². The molecule has 2 aromatic rings. The van der Waals surface area contributed by atoms with E-state index in [0.717, 1.165) is 0 Å². The molecule has 1 N–H and O–H groups in total. The predicted molar refractivity (Wildman–Crippen MR) is 126 cm³/mol. The molecule has 0 saturated carbocycles. The van der Waals surface area contributed by atoms with Gasteiger partial charge >= 0.3 is 17.9 Å². The van der Waals surface area contributed by atoms with E-state index in [2.05, 4.69) is 6.58 Å². The largest absolute Gasteiger partial charge is 0.506 e. The highest BCUT2D eigenvalue weighted by atomic mass is 16.5. The molecule has 34 heavy (non-hydrogen) atoms. The molecule has 8 heteroatoms. The summed E-state index contributed by atoms with van der Waals surface area (Å²) in [5, 5.41) is 10.7. The molecular weight excluding hydrogens is 440 g/mol. The summed E-state index contributed by atoms with van der Waals surface area (Å²) in [6.45, 7) is 9.15. The fraction of sp³-hybridized carbons (Fsp3) is 0.154. The van der Waals surface area contributed by atoms with E-state index in [4.69, 9.17) is 14.2 Å². The summed E-state index contributed by atoms with van der Waals surface area (Å²) in [6, 6.07) is 7.06. The monoisotopic (exact) mass is 464 g/mol. The number of allylic oxidation sites excluding steroid dienone is 3. The molecule has 0 radical (unpaired) electrons. The van der Waals surface area contributed by atoms with Crippen molar-refractivity contribution in [3.05, 3.63) is 71.3 Å². The number of esters is 3. The SMILES string of the molecule is C=C(C)/C=C/c1c(OC(C)=O)ccc(C(=O)/C=C/c2ccc(OC(C)=O)cc2OC(C)=O)c1O. The first kappa shape index (κ1) is 25.8. The molecule has 0 aromatic heterocycles. The molecule has 8 nitrogen and oxygen atoms in total. The van der Waals surface area contributed by atoms with Crippen molar-refractivity contribution in [3.63, 3.8) is 0 Å². The molecular formula is C26H24O8. The second kappa shape index (κ2) is 11.4. The number of phenolic OH excluding ortho intramolecular Hbond substituents is 1. The summed E-state index contributed by atoms with van der Waals surface area (Å²) >= 11 is 0. The number of aromatic hydroxyl groups is 1. The molecule has 0 spiro atoms. The van der Waals surface area contributed by atoms with Gasteiger partial charge in [0.1, 0.15) is 23.0 Å². The molecule has 0 heterocycles. The van der Waals surface area contributed by atoms with Crippen LogP contribution in [0.3, 0.4) is 0 Å². The topological polar surface area (TPSA) is 116 Å². The fourth-order valence-electron chi connectivity index (χ4n) is 2.80. The Labute approximate surface area is 196 Å². The summed E-state index contributed by atoms with van der Waals surface area (Å²) in [4.78, 5) is 46.9. The first-order chi connectivity index (χ1) is 16.0. The number of phenols is 1. The molecule has 0 aliphatic heterocycles. The Morgan fingerprint density at radius 1 is 0.794 bits per heavy atom. The molecule has 176 valence electrons. The van der Waals surface area contributed by atoms with E-state index in [1.54, 1.807) is 13.0 Å². The Hall–Kier alpha value is -4.46. The van der Waals surface area contributed by atoms with Crippen LogP contribution in [0.1, 0.15) is 49.2 Å². The highest BCUT2D eigenvalue weighted by molar-refractivity contribution is 6.09. The fourth-order valence-corrected chi connectivity index (χ4v) is 2.80. The molecule has 0 amide bonds. The van der Waals surface area contributed by atoms with Crippen LogP contribution in [0.2, 0.25) is 0 Å². The Morgan fingerprint density at radius 3 is 2.00 bits per heavy atom. The molecule has 2 aromatic carbocycles. The van der Waals surface area contributed by atoms with Gasteiger partial charge in [-0.3, -0.25) is 19.2 Å². The van der Waals surface area contributed by atoms with Crippen LogP contribution in [-0.4, -0.2) is 28.8 Å². The average molecular weight is 464 g/mol. The van der Waals surface area contributed by atoms with Crippen molar-refractivity contribution in [2.75, 3.05) is 0 Å². The second-order valence-electron chi connectivity index (χ2n) is 7.23. The zero-order valence-corrected chi connectivity index (χ0v) is 19.2. The number of benzene rings is 2.